The molecule has 0 saturated carbocycles. The van der Waals surface area contributed by atoms with E-state index >= 15 is 0 Å². The van der Waals surface area contributed by atoms with Gasteiger partial charge in [-0.15, -0.1) is 0 Å². The Kier molecular flexibility index (Phi) is 11.8. The Morgan fingerprint density at radius 3 is 2.53 bits per heavy atom. The first-order chi connectivity index (χ1) is 22.4. The van der Waals surface area contributed by atoms with Gasteiger partial charge in [0, 0.05) is 62.9 Å². The largest absolute Gasteiger partial charge is 0.388 e. The number of halogens is 1. The quantitative estimate of drug-likeness (QED) is 0.267. The topological polar surface area (TPSA) is 121 Å². The number of nitrogens with one attached hydrogen (secondary N) is 4. The normalized spacial score (nSPS) is 32.0. The number of aliphatic hydroxyl groups is 1. The molecule has 0 aromatic heterocycles. The van der Waals surface area contributed by atoms with Gasteiger partial charge in [0.15, 0.2) is 0 Å². The van der Waals surface area contributed by atoms with Crippen molar-refractivity contribution in [3.05, 3.63) is 58.1 Å². The molecule has 5 rings (SSSR count). The molecule has 1 unspecified atom stereocenters. The molecule has 0 radical (unpaired) electrons. The number of fused-ring (bicyclic) bond motifs is 2. The van der Waals surface area contributed by atoms with Gasteiger partial charge < -0.3 is 20.6 Å². The van der Waals surface area contributed by atoms with Crippen LogP contribution < -0.4 is 20.3 Å². The molecule has 1 amide bonds. The van der Waals surface area contributed by atoms with Gasteiger partial charge in [-0.05, 0) is 98.2 Å². The van der Waals surface area contributed by atoms with E-state index in [1.54, 1.807) is 13.0 Å². The Morgan fingerprint density at radius 2 is 1.77 bits per heavy atom. The van der Waals surface area contributed by atoms with Crippen LogP contribution in [0.2, 0.25) is 5.02 Å². The van der Waals surface area contributed by atoms with Crippen molar-refractivity contribution >= 4 is 38.8 Å². The molecule has 2 aromatic rings. The van der Waals surface area contributed by atoms with Crippen LogP contribution in [0.15, 0.2) is 36.4 Å². The van der Waals surface area contributed by atoms with E-state index in [4.69, 9.17) is 16.4 Å². The Morgan fingerprint density at radius 1 is 1.00 bits per heavy atom. The Balaban J connectivity index is 1.54. The first-order valence-corrected chi connectivity index (χ1v) is 19.5. The SMILES string of the molecule is C[C@@H]1[C@@H](C)CN2CCCCc3cc(Cl)ccc3CNc3ccc(cc32)C(=O)NS(=N)(=O)[C@H](C)[C@@H](C)CCC[C@]1(O)CN1CCNCC1. The van der Waals surface area contributed by atoms with Crippen molar-refractivity contribution in [3.63, 3.8) is 0 Å². The maximum Gasteiger partial charge on any atom is 0.263 e. The summed E-state index contributed by atoms with van der Waals surface area (Å²) in [7, 11) is -3.42. The third-order valence-corrected chi connectivity index (χ3v) is 13.4. The van der Waals surface area contributed by atoms with Gasteiger partial charge in [-0.1, -0.05) is 44.9 Å². The minimum atomic E-state index is -3.42. The van der Waals surface area contributed by atoms with Gasteiger partial charge in [0.2, 0.25) is 0 Å². The first kappa shape index (κ1) is 35.9. The fourth-order valence-corrected chi connectivity index (χ4v) is 9.09. The highest BCUT2D eigenvalue weighted by molar-refractivity contribution is 7.91. The summed E-state index contributed by atoms with van der Waals surface area (Å²) < 4.78 is 25.0. The number of β-amino-alcohol motifs (C(OH)–C–C–N with tert-alkyl or cyclic N) is 1. The number of anilines is 2. The number of carbonyl (C=O) groups excluding carboxylic acids is 1. The third kappa shape index (κ3) is 8.81. The molecule has 3 heterocycles. The summed E-state index contributed by atoms with van der Waals surface area (Å²) in [6.45, 7) is 14.7. The number of hydrogen-bond acceptors (Lipinski definition) is 8. The van der Waals surface area contributed by atoms with Gasteiger partial charge in [0.05, 0.1) is 22.2 Å². The first-order valence-electron chi connectivity index (χ1n) is 17.5. The smallest absolute Gasteiger partial charge is 0.263 e. The lowest BCUT2D eigenvalue weighted by atomic mass is 9.76. The molecule has 6 atom stereocenters. The van der Waals surface area contributed by atoms with E-state index in [0.29, 0.717) is 31.6 Å². The van der Waals surface area contributed by atoms with Gasteiger partial charge in [0.25, 0.3) is 5.91 Å². The van der Waals surface area contributed by atoms with Crippen molar-refractivity contribution in [1.29, 1.82) is 4.78 Å². The average molecular weight is 687 g/mol. The van der Waals surface area contributed by atoms with Crippen LogP contribution in [0.5, 0.6) is 0 Å². The predicted molar refractivity (Wildman–Crippen MR) is 194 cm³/mol. The van der Waals surface area contributed by atoms with Crippen LogP contribution in [0.3, 0.4) is 0 Å². The second kappa shape index (κ2) is 15.5. The number of carbonyl (C=O) groups is 1. The van der Waals surface area contributed by atoms with Crippen molar-refractivity contribution in [2.45, 2.75) is 83.6 Å². The number of rotatable bonds is 2. The summed E-state index contributed by atoms with van der Waals surface area (Å²) in [6.07, 6.45) is 4.99. The number of piperazine rings is 1. The Hall–Kier alpha value is -2.37. The highest BCUT2D eigenvalue weighted by atomic mass is 35.5. The van der Waals surface area contributed by atoms with Gasteiger partial charge >= 0.3 is 0 Å². The monoisotopic (exact) mass is 686 g/mol. The van der Waals surface area contributed by atoms with Crippen molar-refractivity contribution in [2.24, 2.45) is 17.8 Å². The summed E-state index contributed by atoms with van der Waals surface area (Å²) in [5.74, 6) is -0.384. The second-order valence-corrected chi connectivity index (χ2v) is 17.0. The minimum absolute atomic E-state index is 0.00545. The summed E-state index contributed by atoms with van der Waals surface area (Å²) in [5, 5.41) is 19.8. The Labute approximate surface area is 287 Å². The summed E-state index contributed by atoms with van der Waals surface area (Å²) in [4.78, 5) is 18.3. The molecule has 0 spiro atoms. The predicted octanol–water partition coefficient (Wildman–Crippen LogP) is 5.90. The maximum absolute atomic E-state index is 13.7. The molecule has 5 N–H and O–H groups in total. The molecule has 1 saturated heterocycles. The van der Waals surface area contributed by atoms with Gasteiger partial charge in [-0.25, -0.2) is 8.99 Å². The second-order valence-electron chi connectivity index (χ2n) is 14.4. The third-order valence-electron chi connectivity index (χ3n) is 11.1. The van der Waals surface area contributed by atoms with Gasteiger partial charge in [-0.3, -0.25) is 14.4 Å². The molecule has 9 nitrogen and oxygen atoms in total. The van der Waals surface area contributed by atoms with Gasteiger partial charge in [-0.2, -0.15) is 0 Å². The minimum Gasteiger partial charge on any atom is -0.388 e. The van der Waals surface area contributed by atoms with Crippen LogP contribution >= 0.6 is 11.6 Å². The van der Waals surface area contributed by atoms with Crippen LogP contribution in [0, 0.1) is 22.5 Å². The van der Waals surface area contributed by atoms with Gasteiger partial charge in [0.1, 0.15) is 9.92 Å². The molecule has 260 valence electrons. The van der Waals surface area contributed by atoms with Crippen LogP contribution in [0.1, 0.15) is 81.3 Å². The molecule has 47 heavy (non-hydrogen) atoms. The lowest BCUT2D eigenvalue weighted by molar-refractivity contribution is -0.0661. The number of hydrogen-bond donors (Lipinski definition) is 5. The van der Waals surface area contributed by atoms with Crippen LogP contribution in [0.4, 0.5) is 11.4 Å². The van der Waals surface area contributed by atoms with Crippen LogP contribution in [-0.2, 0) is 22.9 Å². The zero-order valence-corrected chi connectivity index (χ0v) is 30.2. The van der Waals surface area contributed by atoms with Crippen molar-refractivity contribution < 1.29 is 14.1 Å². The van der Waals surface area contributed by atoms with E-state index in [0.717, 1.165) is 81.2 Å². The molecule has 0 aliphatic carbocycles. The van der Waals surface area contributed by atoms with Crippen LogP contribution in [0.25, 0.3) is 0 Å². The number of benzene rings is 2. The summed E-state index contributed by atoms with van der Waals surface area (Å²) >= 11 is 6.39. The highest BCUT2D eigenvalue weighted by Crippen LogP contribution is 2.36. The molecule has 3 aliphatic rings. The molecular weight excluding hydrogens is 632 g/mol. The fraction of sp³-hybridized carbons (Fsp3) is 0.639. The highest BCUT2D eigenvalue weighted by Gasteiger charge is 2.39. The van der Waals surface area contributed by atoms with E-state index in [9.17, 15) is 14.1 Å². The maximum atomic E-state index is 13.7. The fourth-order valence-electron chi connectivity index (χ4n) is 7.53. The number of aryl methyl sites for hydroxylation is 1. The van der Waals surface area contributed by atoms with Crippen LogP contribution in [-0.4, -0.2) is 76.8 Å². The summed E-state index contributed by atoms with van der Waals surface area (Å²) in [5.41, 5.74) is 3.75. The average Bonchev–Trinajstić information content (AvgIpc) is 3.07. The Bertz CT molecular complexity index is 1500. The standard InChI is InChI=1S/C36H55ClN6O3S/c1-25-8-7-14-36(45,24-42-18-15-39-16-19-42)27(3)26(2)23-43-17-6-5-9-29-20-32(37)12-10-31(29)22-40-33-13-11-30(21-34(33)43)35(44)41-47(38,46)28(25)4/h10-13,20-21,25-28,39-40,45H,5-9,14-19,22-24H2,1-4H3,(H2,38,41,44,46)/t25-,26-,27+,28+,36-,47?/m0/s1. The van der Waals surface area contributed by atoms with Crippen molar-refractivity contribution in [1.82, 2.24) is 14.9 Å². The molecule has 2 bridgehead atoms. The van der Waals surface area contributed by atoms with E-state index < -0.39 is 26.7 Å². The molecule has 1 fully saturated rings. The molecule has 2 aromatic carbocycles. The summed E-state index contributed by atoms with van der Waals surface area (Å²) in [6, 6.07) is 11.7. The van der Waals surface area contributed by atoms with E-state index in [2.05, 4.69) is 51.1 Å². The zero-order chi connectivity index (χ0) is 33.8. The van der Waals surface area contributed by atoms with Crippen molar-refractivity contribution in [2.75, 3.05) is 56.0 Å². The number of nitrogens with zero attached hydrogens (tertiary/aromatic N) is 2. The zero-order valence-electron chi connectivity index (χ0n) is 28.6. The van der Waals surface area contributed by atoms with Crippen molar-refractivity contribution in [3.8, 4) is 0 Å². The van der Waals surface area contributed by atoms with E-state index in [-0.39, 0.29) is 17.8 Å². The molecular formula is C36H55ClN6O3S. The molecule has 3 aliphatic heterocycles. The molecule has 11 heteroatoms. The lowest BCUT2D eigenvalue weighted by Gasteiger charge is -2.44. The van der Waals surface area contributed by atoms with E-state index in [1.165, 1.54) is 11.1 Å². The lowest BCUT2D eigenvalue weighted by Crippen LogP contribution is -2.55. The van der Waals surface area contributed by atoms with E-state index in [1.807, 2.05) is 25.1 Å². The number of amides is 1.